The quantitative estimate of drug-likeness (QED) is 0.544. The molecule has 0 bridgehead atoms. The molecular formula is C25H24ClFN2O2S. The topological polar surface area (TPSA) is 40.6 Å². The van der Waals surface area contributed by atoms with Crippen molar-refractivity contribution in [2.75, 3.05) is 19.6 Å². The van der Waals surface area contributed by atoms with E-state index < -0.39 is 15.8 Å². The lowest BCUT2D eigenvalue weighted by atomic mass is 9.87. The van der Waals surface area contributed by atoms with Crippen molar-refractivity contribution in [1.29, 1.82) is 0 Å². The Morgan fingerprint density at radius 3 is 2.47 bits per heavy atom. The molecule has 3 aromatic carbocycles. The lowest BCUT2D eigenvalue weighted by Crippen LogP contribution is -2.35. The number of nitrogens with zero attached hydrogens (tertiary/aromatic N) is 2. The molecule has 0 spiro atoms. The second kappa shape index (κ2) is 8.60. The van der Waals surface area contributed by atoms with Crippen LogP contribution in [0.5, 0.6) is 0 Å². The van der Waals surface area contributed by atoms with Crippen molar-refractivity contribution < 1.29 is 12.8 Å². The number of likely N-dealkylation sites (tertiary alicyclic amines) is 1. The highest BCUT2D eigenvalue weighted by Gasteiger charge is 2.41. The molecule has 0 saturated carbocycles. The van der Waals surface area contributed by atoms with Gasteiger partial charge in [0.15, 0.2) is 0 Å². The van der Waals surface area contributed by atoms with Gasteiger partial charge in [-0.2, -0.15) is 4.31 Å². The van der Waals surface area contributed by atoms with E-state index in [0.29, 0.717) is 13.1 Å². The van der Waals surface area contributed by atoms with E-state index in [2.05, 4.69) is 23.1 Å². The van der Waals surface area contributed by atoms with E-state index in [1.807, 2.05) is 36.4 Å². The zero-order valence-corrected chi connectivity index (χ0v) is 19.1. The fraction of sp³-hybridized carbons (Fsp3) is 0.280. The fourth-order valence-electron chi connectivity index (χ4n) is 4.99. The summed E-state index contributed by atoms with van der Waals surface area (Å²) in [5.41, 5.74) is 3.50. The maximum Gasteiger partial charge on any atom is 0.243 e. The fourth-order valence-corrected chi connectivity index (χ4v) is 6.74. The monoisotopic (exact) mass is 470 g/mol. The Morgan fingerprint density at radius 2 is 1.69 bits per heavy atom. The molecule has 1 saturated heterocycles. The van der Waals surface area contributed by atoms with Crippen LogP contribution in [0.3, 0.4) is 0 Å². The lowest BCUT2D eigenvalue weighted by Gasteiger charge is -2.24. The molecule has 2 aliphatic heterocycles. The zero-order valence-electron chi connectivity index (χ0n) is 17.5. The van der Waals surface area contributed by atoms with E-state index in [1.54, 1.807) is 0 Å². The number of benzene rings is 3. The molecule has 0 aliphatic carbocycles. The van der Waals surface area contributed by atoms with E-state index >= 15 is 0 Å². The van der Waals surface area contributed by atoms with Gasteiger partial charge in [-0.05, 0) is 40.8 Å². The number of halogens is 2. The number of hydrogen-bond donors (Lipinski definition) is 0. The summed E-state index contributed by atoms with van der Waals surface area (Å²) in [4.78, 5) is 2.44. The normalized spacial score (nSPS) is 21.7. The van der Waals surface area contributed by atoms with Crippen LogP contribution in [-0.2, 0) is 23.1 Å². The molecule has 4 nitrogen and oxygen atoms in total. The Hall–Kier alpha value is -2.25. The van der Waals surface area contributed by atoms with Crippen molar-refractivity contribution in [1.82, 2.24) is 9.21 Å². The van der Waals surface area contributed by atoms with Gasteiger partial charge >= 0.3 is 0 Å². The molecule has 2 atom stereocenters. The molecule has 2 heterocycles. The van der Waals surface area contributed by atoms with Crippen LogP contribution in [0.2, 0.25) is 5.02 Å². The average Bonchev–Trinajstić information content (AvgIpc) is 3.10. The number of fused-ring (bicyclic) bond motifs is 3. The summed E-state index contributed by atoms with van der Waals surface area (Å²) in [6.45, 7) is 3.29. The van der Waals surface area contributed by atoms with Crippen LogP contribution in [0.25, 0.3) is 0 Å². The standard InChI is InChI=1S/C25H24ClFN2O2S/c26-24-12-21(10-11-25(24)27)32(30,31)29-15-19-8-4-5-9-22(19)23-17-28(14-20(23)16-29)13-18-6-2-1-3-7-18/h1-12,20,23H,13-17H2/t20-,23+/m1/s1. The van der Waals surface area contributed by atoms with Crippen LogP contribution >= 0.6 is 11.6 Å². The van der Waals surface area contributed by atoms with Crippen LogP contribution in [0.15, 0.2) is 77.7 Å². The smallest absolute Gasteiger partial charge is 0.243 e. The Morgan fingerprint density at radius 1 is 0.938 bits per heavy atom. The first-order valence-corrected chi connectivity index (χ1v) is 12.5. The minimum absolute atomic E-state index is 0.0268. The van der Waals surface area contributed by atoms with Crippen LogP contribution in [0, 0.1) is 11.7 Å². The summed E-state index contributed by atoms with van der Waals surface area (Å²) in [5, 5.41) is -0.186. The van der Waals surface area contributed by atoms with Gasteiger partial charge in [-0.15, -0.1) is 0 Å². The Labute approximate surface area is 193 Å². The van der Waals surface area contributed by atoms with Crippen molar-refractivity contribution in [2.24, 2.45) is 5.92 Å². The second-order valence-electron chi connectivity index (χ2n) is 8.62. The molecule has 166 valence electrons. The maximum atomic E-state index is 13.6. The number of hydrogen-bond acceptors (Lipinski definition) is 3. The molecule has 0 radical (unpaired) electrons. The van der Waals surface area contributed by atoms with Gasteiger partial charge in [0, 0.05) is 38.6 Å². The Kier molecular flexibility index (Phi) is 5.80. The van der Waals surface area contributed by atoms with Gasteiger partial charge < -0.3 is 0 Å². The number of sulfonamides is 1. The van der Waals surface area contributed by atoms with Gasteiger partial charge in [0.1, 0.15) is 5.82 Å². The molecule has 7 heteroatoms. The van der Waals surface area contributed by atoms with Gasteiger partial charge in [0.25, 0.3) is 0 Å². The molecule has 1 fully saturated rings. The minimum atomic E-state index is -3.82. The highest BCUT2D eigenvalue weighted by molar-refractivity contribution is 7.89. The zero-order chi connectivity index (χ0) is 22.3. The van der Waals surface area contributed by atoms with E-state index in [-0.39, 0.29) is 21.8 Å². The van der Waals surface area contributed by atoms with Crippen molar-refractivity contribution in [3.05, 3.63) is 100 Å². The first-order chi connectivity index (χ1) is 15.4. The summed E-state index contributed by atoms with van der Waals surface area (Å²) in [6, 6.07) is 22.1. The third-order valence-corrected chi connectivity index (χ3v) is 8.63. The molecule has 5 rings (SSSR count). The van der Waals surface area contributed by atoms with Crippen molar-refractivity contribution >= 4 is 21.6 Å². The Balaban J connectivity index is 1.47. The largest absolute Gasteiger partial charge is 0.298 e. The molecule has 32 heavy (non-hydrogen) atoms. The minimum Gasteiger partial charge on any atom is -0.298 e. The summed E-state index contributed by atoms with van der Waals surface area (Å²) in [7, 11) is -3.82. The van der Waals surface area contributed by atoms with Crippen molar-refractivity contribution in [3.8, 4) is 0 Å². The lowest BCUT2D eigenvalue weighted by molar-refractivity contribution is 0.293. The van der Waals surface area contributed by atoms with Gasteiger partial charge in [-0.1, -0.05) is 66.2 Å². The SMILES string of the molecule is O=S(=O)(c1ccc(F)c(Cl)c1)N1Cc2ccccc2[C@H]2CN(Cc3ccccc3)C[C@@H]2C1. The molecule has 3 aromatic rings. The molecule has 0 aromatic heterocycles. The molecular weight excluding hydrogens is 447 g/mol. The number of rotatable bonds is 4. The first-order valence-electron chi connectivity index (χ1n) is 10.7. The predicted octanol–water partition coefficient (Wildman–Crippen LogP) is 4.90. The van der Waals surface area contributed by atoms with E-state index in [0.717, 1.165) is 31.3 Å². The van der Waals surface area contributed by atoms with Crippen LogP contribution in [0.4, 0.5) is 4.39 Å². The highest BCUT2D eigenvalue weighted by Crippen LogP contribution is 2.40. The molecule has 2 aliphatic rings. The van der Waals surface area contributed by atoms with Crippen LogP contribution in [-0.4, -0.2) is 37.3 Å². The summed E-state index contributed by atoms with van der Waals surface area (Å²) < 4.78 is 42.2. The predicted molar refractivity (Wildman–Crippen MR) is 123 cm³/mol. The highest BCUT2D eigenvalue weighted by atomic mass is 35.5. The van der Waals surface area contributed by atoms with E-state index in [4.69, 9.17) is 11.6 Å². The van der Waals surface area contributed by atoms with Crippen LogP contribution < -0.4 is 0 Å². The summed E-state index contributed by atoms with van der Waals surface area (Å²) in [6.07, 6.45) is 0. The van der Waals surface area contributed by atoms with E-state index in [9.17, 15) is 12.8 Å². The molecule has 0 amide bonds. The third kappa shape index (κ3) is 4.08. The Bertz CT molecular complexity index is 1240. The first kappa shape index (κ1) is 21.6. The molecule has 0 N–H and O–H groups in total. The second-order valence-corrected chi connectivity index (χ2v) is 11.0. The molecule has 0 unspecified atom stereocenters. The van der Waals surface area contributed by atoms with Gasteiger partial charge in [0.2, 0.25) is 10.0 Å². The summed E-state index contributed by atoms with van der Waals surface area (Å²) in [5.74, 6) is -0.181. The maximum absolute atomic E-state index is 13.6. The third-order valence-electron chi connectivity index (χ3n) is 6.53. The van der Waals surface area contributed by atoms with Crippen molar-refractivity contribution in [2.45, 2.75) is 23.9 Å². The van der Waals surface area contributed by atoms with Crippen LogP contribution in [0.1, 0.15) is 22.6 Å². The summed E-state index contributed by atoms with van der Waals surface area (Å²) >= 11 is 5.89. The van der Waals surface area contributed by atoms with Gasteiger partial charge in [-0.3, -0.25) is 4.90 Å². The van der Waals surface area contributed by atoms with Gasteiger partial charge in [-0.25, -0.2) is 12.8 Å². The van der Waals surface area contributed by atoms with Crippen molar-refractivity contribution in [3.63, 3.8) is 0 Å². The average molecular weight is 471 g/mol. The van der Waals surface area contributed by atoms with Gasteiger partial charge in [0.05, 0.1) is 9.92 Å². The van der Waals surface area contributed by atoms with E-state index in [1.165, 1.54) is 27.6 Å².